The summed E-state index contributed by atoms with van der Waals surface area (Å²) < 4.78 is 36.1. The lowest BCUT2D eigenvalue weighted by Crippen LogP contribution is -2.45. The van der Waals surface area contributed by atoms with E-state index in [-0.39, 0.29) is 5.69 Å². The fourth-order valence-corrected chi connectivity index (χ4v) is 4.20. The first-order chi connectivity index (χ1) is 13.1. The summed E-state index contributed by atoms with van der Waals surface area (Å²) in [5, 5.41) is 3.32. The Kier molecular flexibility index (Phi) is 7.03. The molecule has 0 fully saturated rings. The summed E-state index contributed by atoms with van der Waals surface area (Å²) in [5.41, 5.74) is 0.568. The van der Waals surface area contributed by atoms with Crippen molar-refractivity contribution in [2.75, 3.05) is 30.1 Å². The first kappa shape index (κ1) is 22.1. The smallest absolute Gasteiger partial charge is 0.248 e. The Morgan fingerprint density at radius 1 is 1.11 bits per heavy atom. The Bertz CT molecular complexity index is 982. The molecule has 0 aliphatic carbocycles. The number of amides is 1. The average molecular weight is 447 g/mol. The van der Waals surface area contributed by atoms with Crippen molar-refractivity contribution in [2.45, 2.75) is 13.0 Å². The lowest BCUT2D eigenvalue weighted by atomic mass is 10.2. The van der Waals surface area contributed by atoms with Gasteiger partial charge in [-0.1, -0.05) is 29.3 Å². The minimum Gasteiger partial charge on any atom is -0.495 e. The van der Waals surface area contributed by atoms with Crippen LogP contribution in [0.4, 0.5) is 11.4 Å². The predicted molar refractivity (Wildman–Crippen MR) is 111 cm³/mol. The van der Waals surface area contributed by atoms with Gasteiger partial charge in [0.25, 0.3) is 0 Å². The first-order valence-electron chi connectivity index (χ1n) is 8.05. The quantitative estimate of drug-likeness (QED) is 0.698. The number of halogens is 2. The predicted octanol–water partition coefficient (Wildman–Crippen LogP) is 3.80. The van der Waals surface area contributed by atoms with Crippen molar-refractivity contribution >= 4 is 50.5 Å². The summed E-state index contributed by atoms with van der Waals surface area (Å²) in [7, 11) is -0.910. The number of rotatable bonds is 7. The molecule has 0 aromatic heterocycles. The number of carbonyl (C=O) groups is 1. The van der Waals surface area contributed by atoms with Crippen molar-refractivity contribution in [3.05, 3.63) is 46.4 Å². The molecule has 10 heteroatoms. The Balaban J connectivity index is 2.39. The zero-order valence-corrected chi connectivity index (χ0v) is 18.0. The SMILES string of the molecule is COc1cc(NC(=O)C(C)N(c2cccc(Cl)c2)S(C)(=O)=O)c(OC)cc1Cl. The third kappa shape index (κ3) is 5.01. The van der Waals surface area contributed by atoms with Crippen LogP contribution in [0.2, 0.25) is 10.0 Å². The highest BCUT2D eigenvalue weighted by Gasteiger charge is 2.30. The Morgan fingerprint density at radius 2 is 1.75 bits per heavy atom. The Hall–Kier alpha value is -2.16. The van der Waals surface area contributed by atoms with E-state index in [4.69, 9.17) is 32.7 Å². The second-order valence-corrected chi connectivity index (χ2v) is 8.59. The van der Waals surface area contributed by atoms with E-state index in [1.165, 1.54) is 39.3 Å². The molecule has 2 aromatic carbocycles. The Labute approximate surface area is 174 Å². The summed E-state index contributed by atoms with van der Waals surface area (Å²) >= 11 is 12.0. The van der Waals surface area contributed by atoms with Crippen molar-refractivity contribution in [1.29, 1.82) is 0 Å². The molecule has 152 valence electrons. The second kappa shape index (κ2) is 8.89. The van der Waals surface area contributed by atoms with Crippen molar-refractivity contribution < 1.29 is 22.7 Å². The minimum atomic E-state index is -3.77. The molecule has 7 nitrogen and oxygen atoms in total. The van der Waals surface area contributed by atoms with Gasteiger partial charge in [0, 0.05) is 17.2 Å². The van der Waals surface area contributed by atoms with Gasteiger partial charge in [0.1, 0.15) is 17.5 Å². The van der Waals surface area contributed by atoms with Crippen LogP contribution in [0.3, 0.4) is 0 Å². The molecule has 1 atom stereocenters. The monoisotopic (exact) mass is 446 g/mol. The van der Waals surface area contributed by atoms with E-state index in [1.54, 1.807) is 18.2 Å². The molecule has 0 aliphatic rings. The number of carbonyl (C=O) groups excluding carboxylic acids is 1. The molecule has 2 aromatic rings. The average Bonchev–Trinajstić information content (AvgIpc) is 2.61. The molecular weight excluding hydrogens is 427 g/mol. The van der Waals surface area contributed by atoms with Gasteiger partial charge in [-0.05, 0) is 25.1 Å². The molecule has 0 bridgehead atoms. The molecule has 1 amide bonds. The van der Waals surface area contributed by atoms with Gasteiger partial charge in [-0.2, -0.15) is 0 Å². The molecular formula is C18H20Cl2N2O5S. The van der Waals surface area contributed by atoms with Crippen LogP contribution in [0.15, 0.2) is 36.4 Å². The van der Waals surface area contributed by atoms with E-state index in [2.05, 4.69) is 5.32 Å². The number of ether oxygens (including phenoxy) is 2. The highest BCUT2D eigenvalue weighted by Crippen LogP contribution is 2.36. The van der Waals surface area contributed by atoms with Crippen LogP contribution in [0.5, 0.6) is 11.5 Å². The van der Waals surface area contributed by atoms with Crippen LogP contribution >= 0.6 is 23.2 Å². The number of hydrogen-bond donors (Lipinski definition) is 1. The molecule has 0 radical (unpaired) electrons. The highest BCUT2D eigenvalue weighted by molar-refractivity contribution is 7.92. The van der Waals surface area contributed by atoms with E-state index in [0.29, 0.717) is 27.2 Å². The van der Waals surface area contributed by atoms with E-state index in [0.717, 1.165) is 10.6 Å². The molecule has 0 saturated carbocycles. The number of benzene rings is 2. The number of nitrogens with zero attached hydrogens (tertiary/aromatic N) is 1. The van der Waals surface area contributed by atoms with Gasteiger partial charge in [-0.25, -0.2) is 8.42 Å². The van der Waals surface area contributed by atoms with Gasteiger partial charge >= 0.3 is 0 Å². The van der Waals surface area contributed by atoms with E-state index in [9.17, 15) is 13.2 Å². The van der Waals surface area contributed by atoms with Crippen LogP contribution in [0.1, 0.15) is 6.92 Å². The standard InChI is InChI=1S/C18H20Cl2N2O5S/c1-11(22(28(4,24)25)13-7-5-6-12(19)8-13)18(23)21-15-10-16(26-2)14(20)9-17(15)27-3/h5-11H,1-4H3,(H,21,23). The van der Waals surface area contributed by atoms with Gasteiger partial charge in [-0.3, -0.25) is 9.10 Å². The zero-order valence-electron chi connectivity index (χ0n) is 15.7. The molecule has 0 saturated heterocycles. The summed E-state index contributed by atoms with van der Waals surface area (Å²) in [6.45, 7) is 1.47. The lowest BCUT2D eigenvalue weighted by molar-refractivity contribution is -0.116. The van der Waals surface area contributed by atoms with Crippen LogP contribution in [-0.2, 0) is 14.8 Å². The lowest BCUT2D eigenvalue weighted by Gasteiger charge is -2.28. The van der Waals surface area contributed by atoms with Crippen molar-refractivity contribution in [3.63, 3.8) is 0 Å². The van der Waals surface area contributed by atoms with Gasteiger partial charge in [-0.15, -0.1) is 0 Å². The van der Waals surface area contributed by atoms with Gasteiger partial charge in [0.2, 0.25) is 15.9 Å². The zero-order chi connectivity index (χ0) is 21.1. The maximum atomic E-state index is 12.8. The number of sulfonamides is 1. The van der Waals surface area contributed by atoms with Crippen LogP contribution < -0.4 is 19.1 Å². The largest absolute Gasteiger partial charge is 0.495 e. The molecule has 0 aliphatic heterocycles. The molecule has 2 rings (SSSR count). The Morgan fingerprint density at radius 3 is 2.29 bits per heavy atom. The van der Waals surface area contributed by atoms with E-state index in [1.807, 2.05) is 0 Å². The summed E-state index contributed by atoms with van der Waals surface area (Å²) in [6, 6.07) is 8.16. The minimum absolute atomic E-state index is 0.276. The van der Waals surface area contributed by atoms with E-state index >= 15 is 0 Å². The third-order valence-corrected chi connectivity index (χ3v) is 5.66. The molecule has 1 unspecified atom stereocenters. The number of anilines is 2. The van der Waals surface area contributed by atoms with E-state index < -0.39 is 22.0 Å². The number of hydrogen-bond acceptors (Lipinski definition) is 5. The topological polar surface area (TPSA) is 84.9 Å². The normalized spacial score (nSPS) is 12.2. The summed E-state index contributed by atoms with van der Waals surface area (Å²) in [6.07, 6.45) is 1.02. The van der Waals surface area contributed by atoms with Gasteiger partial charge in [0.05, 0.1) is 36.9 Å². The number of methoxy groups -OCH3 is 2. The third-order valence-electron chi connectivity index (χ3n) is 3.88. The molecule has 28 heavy (non-hydrogen) atoms. The maximum Gasteiger partial charge on any atom is 0.248 e. The van der Waals surface area contributed by atoms with Crippen molar-refractivity contribution in [2.24, 2.45) is 0 Å². The highest BCUT2D eigenvalue weighted by atomic mass is 35.5. The van der Waals surface area contributed by atoms with Crippen LogP contribution in [-0.4, -0.2) is 40.8 Å². The molecule has 0 heterocycles. The molecule has 0 spiro atoms. The second-order valence-electron chi connectivity index (χ2n) is 5.89. The fraction of sp³-hybridized carbons (Fsp3) is 0.278. The van der Waals surface area contributed by atoms with Crippen LogP contribution in [0.25, 0.3) is 0 Å². The molecule has 1 N–H and O–H groups in total. The summed E-state index contributed by atoms with van der Waals surface area (Å²) in [4.78, 5) is 12.8. The van der Waals surface area contributed by atoms with Crippen molar-refractivity contribution in [3.8, 4) is 11.5 Å². The first-order valence-corrected chi connectivity index (χ1v) is 10.7. The summed E-state index contributed by atoms with van der Waals surface area (Å²) in [5.74, 6) is 0.0633. The van der Waals surface area contributed by atoms with Gasteiger partial charge in [0.15, 0.2) is 0 Å². The maximum absolute atomic E-state index is 12.8. The fourth-order valence-electron chi connectivity index (χ4n) is 2.62. The van der Waals surface area contributed by atoms with Crippen LogP contribution in [0, 0.1) is 0 Å². The van der Waals surface area contributed by atoms with Gasteiger partial charge < -0.3 is 14.8 Å². The van der Waals surface area contributed by atoms with Crippen molar-refractivity contribution in [1.82, 2.24) is 0 Å². The number of nitrogens with one attached hydrogen (secondary N) is 1.